The molecule has 0 atom stereocenters. The molecule has 3 aliphatic carbocycles. The maximum absolute atomic E-state index is 2.93. The third-order valence-electron chi connectivity index (χ3n) is 2.65. The average Bonchev–Trinajstić information content (AvgIpc) is 2.51. The molecule has 0 unspecified atom stereocenters. The monoisotopic (exact) mass is 516 g/mol. The summed E-state index contributed by atoms with van der Waals surface area (Å²) in [6.07, 6.45) is 23.6. The van der Waals surface area contributed by atoms with Gasteiger partial charge in [-0.1, -0.05) is 34.9 Å². The van der Waals surface area contributed by atoms with Crippen LogP contribution in [0.15, 0.2) is 88.6 Å². The van der Waals surface area contributed by atoms with Gasteiger partial charge in [0, 0.05) is 19.3 Å². The molecule has 6 radical (unpaired) electrons. The van der Waals surface area contributed by atoms with Crippen molar-refractivity contribution < 1.29 is 11.0 Å². The van der Waals surface area contributed by atoms with Gasteiger partial charge in [-0.25, -0.2) is 0 Å². The molecule has 24 heavy (non-hydrogen) atoms. The van der Waals surface area contributed by atoms with Gasteiger partial charge in [0.05, 0.1) is 0 Å². The third kappa shape index (κ3) is 15.5. The summed E-state index contributed by atoms with van der Waals surface area (Å²) in [7, 11) is 0. The second-order valence-corrected chi connectivity index (χ2v) is 4.73. The van der Waals surface area contributed by atoms with Gasteiger partial charge in [-0.05, 0) is 57.2 Å². The van der Waals surface area contributed by atoms with Gasteiger partial charge in [-0.2, -0.15) is 0 Å². The predicted octanol–water partition coefficient (Wildman–Crippen LogP) is 4.85. The van der Waals surface area contributed by atoms with E-state index in [0.717, 1.165) is 0 Å². The summed E-state index contributed by atoms with van der Waals surface area (Å²) in [4.78, 5) is 0. The summed E-state index contributed by atoms with van der Waals surface area (Å²) in [6, 6.07) is 0. The Morgan fingerprint density at radius 1 is 0.500 bits per heavy atom. The van der Waals surface area contributed by atoms with E-state index in [1.807, 2.05) is 73.9 Å². The van der Waals surface area contributed by atoms with Crippen molar-refractivity contribution in [2.45, 2.75) is 20.8 Å². The summed E-state index contributed by atoms with van der Waals surface area (Å²) in [6.45, 7) is 6.19. The number of allylic oxidation sites excluding steroid dienone is 9. The van der Waals surface area contributed by atoms with Gasteiger partial charge < -0.3 is 11.0 Å². The molecule has 2 N–H and O–H groups in total. The van der Waals surface area contributed by atoms with E-state index in [1.165, 1.54) is 16.7 Å². The first kappa shape index (κ1) is 27.4. The molecule has 0 fully saturated rings. The van der Waals surface area contributed by atoms with Gasteiger partial charge in [-0.3, -0.25) is 0 Å². The standard InChI is InChI=1S/3C7H7.Bi.2H2O/c3*1-7-5-3-2-4-6-7;;;/h3*3-6H,1H3;;2*1H2/q;;;+2;;/p-2. The van der Waals surface area contributed by atoms with Crippen LogP contribution in [0, 0.1) is 19.3 Å². The summed E-state index contributed by atoms with van der Waals surface area (Å²) in [5, 5.41) is 0. The SMILES string of the molecule is CC1=CC=C=C[CH]1.CC1=CC=C=C[CH]1.CC1=CC=C=C[CH]1.[Bi+2].[OH-].[OH-]. The fraction of sp³-hybridized carbons (Fsp3) is 0.143. The molecule has 0 saturated heterocycles. The zero-order valence-electron chi connectivity index (χ0n) is 14.3. The van der Waals surface area contributed by atoms with Crippen LogP contribution in [0.4, 0.5) is 0 Å². The van der Waals surface area contributed by atoms with Gasteiger partial charge in [0.25, 0.3) is 0 Å². The Hall–Kier alpha value is -1.42. The third-order valence-corrected chi connectivity index (χ3v) is 2.65. The van der Waals surface area contributed by atoms with Crippen molar-refractivity contribution in [3.05, 3.63) is 108 Å². The summed E-state index contributed by atoms with van der Waals surface area (Å²) >= 11 is 0. The first-order valence-corrected chi connectivity index (χ1v) is 6.96. The van der Waals surface area contributed by atoms with Crippen LogP contribution in [0.2, 0.25) is 0 Å². The van der Waals surface area contributed by atoms with E-state index in [-0.39, 0.29) is 37.2 Å². The molecule has 0 aromatic carbocycles. The average molecular weight is 516 g/mol. The van der Waals surface area contributed by atoms with Gasteiger partial charge >= 0.3 is 26.2 Å². The molecule has 3 rings (SSSR count). The molecule has 0 bridgehead atoms. The minimum absolute atomic E-state index is 0. The molecule has 2 nitrogen and oxygen atoms in total. The maximum atomic E-state index is 2.93. The van der Waals surface area contributed by atoms with E-state index < -0.39 is 0 Å². The Bertz CT molecular complexity index is 536. The number of hydrogen-bond acceptors (Lipinski definition) is 2. The molecule has 3 heteroatoms. The van der Waals surface area contributed by atoms with Crippen LogP contribution in [-0.2, 0) is 0 Å². The molecule has 0 amide bonds. The molecule has 0 aromatic rings. The molecule has 0 spiro atoms. The molecular formula is C21H23BiO2. The molecule has 0 heterocycles. The van der Waals surface area contributed by atoms with E-state index in [4.69, 9.17) is 0 Å². The van der Waals surface area contributed by atoms with Crippen molar-refractivity contribution in [2.75, 3.05) is 0 Å². The molecule has 0 saturated carbocycles. The zero-order valence-corrected chi connectivity index (χ0v) is 17.7. The van der Waals surface area contributed by atoms with Crippen molar-refractivity contribution in [1.82, 2.24) is 0 Å². The smallest absolute Gasteiger partial charge is 0.870 e. The van der Waals surface area contributed by atoms with Crippen LogP contribution in [-0.4, -0.2) is 37.2 Å². The van der Waals surface area contributed by atoms with Crippen molar-refractivity contribution in [3.8, 4) is 0 Å². The normalized spacial score (nSPS) is 14.9. The summed E-state index contributed by atoms with van der Waals surface area (Å²) in [5.41, 5.74) is 12.7. The van der Waals surface area contributed by atoms with E-state index in [9.17, 15) is 0 Å². The van der Waals surface area contributed by atoms with Crippen LogP contribution in [0.5, 0.6) is 0 Å². The van der Waals surface area contributed by atoms with Crippen LogP contribution >= 0.6 is 0 Å². The predicted molar refractivity (Wildman–Crippen MR) is 102 cm³/mol. The molecule has 124 valence electrons. The fourth-order valence-corrected chi connectivity index (χ4v) is 1.41. The van der Waals surface area contributed by atoms with Crippen molar-refractivity contribution >= 4 is 26.2 Å². The molecular weight excluding hydrogens is 493 g/mol. The minimum Gasteiger partial charge on any atom is -0.870 e. The Labute approximate surface area is 165 Å². The quantitative estimate of drug-likeness (QED) is 0.342. The van der Waals surface area contributed by atoms with Gasteiger partial charge in [-0.15, -0.1) is 17.2 Å². The Kier molecular flexibility index (Phi) is 20.5. The Balaban J connectivity index is -0.000000259. The topological polar surface area (TPSA) is 60.0 Å². The second kappa shape index (κ2) is 17.9. The van der Waals surface area contributed by atoms with Crippen molar-refractivity contribution in [3.63, 3.8) is 0 Å². The first-order valence-electron chi connectivity index (χ1n) is 6.96. The van der Waals surface area contributed by atoms with Gasteiger partial charge in [0.2, 0.25) is 0 Å². The van der Waals surface area contributed by atoms with Crippen LogP contribution in [0.3, 0.4) is 0 Å². The summed E-state index contributed by atoms with van der Waals surface area (Å²) < 4.78 is 0. The van der Waals surface area contributed by atoms with Crippen LogP contribution in [0.25, 0.3) is 0 Å². The molecule has 3 aliphatic rings. The van der Waals surface area contributed by atoms with Gasteiger partial charge in [0.15, 0.2) is 0 Å². The molecule has 0 aromatic heterocycles. The van der Waals surface area contributed by atoms with E-state index >= 15 is 0 Å². The maximum Gasteiger partial charge on any atom is 2.00 e. The Morgan fingerprint density at radius 3 is 0.833 bits per heavy atom. The largest absolute Gasteiger partial charge is 2.00 e. The van der Waals surface area contributed by atoms with Crippen molar-refractivity contribution in [2.24, 2.45) is 0 Å². The number of hydrogen-bond donors (Lipinski definition) is 0. The fourth-order valence-electron chi connectivity index (χ4n) is 1.41. The van der Waals surface area contributed by atoms with Gasteiger partial charge in [0.1, 0.15) is 0 Å². The van der Waals surface area contributed by atoms with Crippen LogP contribution < -0.4 is 0 Å². The number of rotatable bonds is 0. The van der Waals surface area contributed by atoms with Crippen molar-refractivity contribution in [1.29, 1.82) is 0 Å². The molecule has 0 aliphatic heterocycles. The van der Waals surface area contributed by atoms with E-state index in [2.05, 4.69) is 38.0 Å². The van der Waals surface area contributed by atoms with Crippen LogP contribution in [0.1, 0.15) is 20.8 Å². The van der Waals surface area contributed by atoms with E-state index in [1.54, 1.807) is 0 Å². The Morgan fingerprint density at radius 2 is 0.750 bits per heavy atom. The van der Waals surface area contributed by atoms with E-state index in [0.29, 0.717) is 0 Å². The first-order chi connectivity index (χ1) is 10.2. The minimum atomic E-state index is 0. The zero-order chi connectivity index (χ0) is 15.3. The second-order valence-electron chi connectivity index (χ2n) is 4.73. The summed E-state index contributed by atoms with van der Waals surface area (Å²) in [5.74, 6) is 0.